The number of likely N-dealkylation sites (tertiary alicyclic amines) is 1. The van der Waals surface area contributed by atoms with Crippen molar-refractivity contribution < 1.29 is 13.2 Å². The molecule has 0 radical (unpaired) electrons. The largest absolute Gasteiger partial charge is 0.339 e. The van der Waals surface area contributed by atoms with Crippen LogP contribution in [0.5, 0.6) is 0 Å². The van der Waals surface area contributed by atoms with E-state index in [9.17, 15) is 13.2 Å². The van der Waals surface area contributed by atoms with Gasteiger partial charge >= 0.3 is 0 Å². The summed E-state index contributed by atoms with van der Waals surface area (Å²) in [6.45, 7) is 1.63. The van der Waals surface area contributed by atoms with Crippen molar-refractivity contribution in [2.75, 3.05) is 13.1 Å². The van der Waals surface area contributed by atoms with Crippen molar-refractivity contribution >= 4 is 27.5 Å². The van der Waals surface area contributed by atoms with Gasteiger partial charge in [-0.25, -0.2) is 13.1 Å². The maximum Gasteiger partial charge on any atom is 0.253 e. The van der Waals surface area contributed by atoms with Gasteiger partial charge in [-0.3, -0.25) is 4.79 Å². The molecule has 7 heteroatoms. The van der Waals surface area contributed by atoms with Gasteiger partial charge in [0.1, 0.15) is 0 Å². The number of benzene rings is 2. The Bertz CT molecular complexity index is 876. The number of amides is 1. The van der Waals surface area contributed by atoms with Crippen molar-refractivity contribution in [3.8, 4) is 0 Å². The average molecular weight is 393 g/mol. The minimum atomic E-state index is -3.68. The van der Waals surface area contributed by atoms with E-state index in [4.69, 9.17) is 11.6 Å². The van der Waals surface area contributed by atoms with Crippen LogP contribution >= 0.6 is 11.6 Å². The number of sulfonamides is 1. The first-order valence-electron chi connectivity index (χ1n) is 8.60. The second-order valence-electron chi connectivity index (χ2n) is 6.29. The number of piperidine rings is 1. The number of nitrogens with one attached hydrogen (secondary N) is 1. The molecule has 0 aromatic heterocycles. The minimum absolute atomic E-state index is 0.0438. The van der Waals surface area contributed by atoms with Gasteiger partial charge in [0.15, 0.2) is 0 Å². The summed E-state index contributed by atoms with van der Waals surface area (Å²) in [7, 11) is -3.68. The molecule has 1 N–H and O–H groups in total. The molecule has 138 valence electrons. The molecule has 1 heterocycles. The summed E-state index contributed by atoms with van der Waals surface area (Å²) in [5.74, 6) is -0.0438. The third-order valence-corrected chi connectivity index (χ3v) is 6.25. The maximum absolute atomic E-state index is 12.5. The summed E-state index contributed by atoms with van der Waals surface area (Å²) in [6, 6.07) is 13.1. The molecular weight excluding hydrogens is 372 g/mol. The van der Waals surface area contributed by atoms with Crippen LogP contribution in [0.2, 0.25) is 5.02 Å². The van der Waals surface area contributed by atoms with E-state index in [1.165, 1.54) is 12.1 Å². The number of hydrogen-bond acceptors (Lipinski definition) is 3. The second kappa shape index (κ2) is 8.20. The molecule has 0 atom stereocenters. The Morgan fingerprint density at radius 2 is 1.65 bits per heavy atom. The predicted molar refractivity (Wildman–Crippen MR) is 102 cm³/mol. The molecule has 1 aliphatic heterocycles. The summed E-state index contributed by atoms with van der Waals surface area (Å²) < 4.78 is 27.4. The Kier molecular flexibility index (Phi) is 5.96. The Morgan fingerprint density at radius 1 is 1.00 bits per heavy atom. The first kappa shape index (κ1) is 18.9. The van der Waals surface area contributed by atoms with Crippen LogP contribution in [-0.2, 0) is 16.6 Å². The molecule has 0 bridgehead atoms. The molecular formula is C19H21ClN2O3S. The summed E-state index contributed by atoms with van der Waals surface area (Å²) >= 11 is 6.05. The normalized spacial score (nSPS) is 15.0. The van der Waals surface area contributed by atoms with Gasteiger partial charge in [0.05, 0.1) is 4.90 Å². The number of halogens is 1. The highest BCUT2D eigenvalue weighted by Gasteiger charge is 2.20. The van der Waals surface area contributed by atoms with E-state index in [0.29, 0.717) is 16.1 Å². The van der Waals surface area contributed by atoms with Crippen LogP contribution in [0, 0.1) is 0 Å². The number of nitrogens with zero attached hydrogens (tertiary/aromatic N) is 1. The van der Waals surface area contributed by atoms with E-state index in [0.717, 1.165) is 32.4 Å². The molecule has 1 fully saturated rings. The first-order chi connectivity index (χ1) is 12.5. The molecule has 2 aromatic carbocycles. The Morgan fingerprint density at radius 3 is 2.31 bits per heavy atom. The monoisotopic (exact) mass is 392 g/mol. The summed E-state index contributed by atoms with van der Waals surface area (Å²) in [5, 5.41) is 0.512. The lowest BCUT2D eigenvalue weighted by Gasteiger charge is -2.26. The Hall–Kier alpha value is -1.89. The van der Waals surface area contributed by atoms with E-state index in [2.05, 4.69) is 4.72 Å². The highest BCUT2D eigenvalue weighted by atomic mass is 35.5. The van der Waals surface area contributed by atoms with E-state index >= 15 is 0 Å². The van der Waals surface area contributed by atoms with Gasteiger partial charge in [-0.15, -0.1) is 0 Å². The van der Waals surface area contributed by atoms with Gasteiger partial charge in [-0.05, 0) is 55.2 Å². The van der Waals surface area contributed by atoms with E-state index in [1.54, 1.807) is 36.4 Å². The lowest BCUT2D eigenvalue weighted by Crippen LogP contribution is -2.35. The molecule has 0 spiro atoms. The molecule has 1 amide bonds. The van der Waals surface area contributed by atoms with Crippen molar-refractivity contribution in [1.82, 2.24) is 9.62 Å². The SMILES string of the molecule is O=C(c1ccc(S(=O)(=O)NCc2ccccc2Cl)cc1)N1CCCCC1. The van der Waals surface area contributed by atoms with Gasteiger partial charge in [0.25, 0.3) is 5.91 Å². The number of rotatable bonds is 5. The van der Waals surface area contributed by atoms with Crippen LogP contribution < -0.4 is 4.72 Å². The van der Waals surface area contributed by atoms with E-state index < -0.39 is 10.0 Å². The average Bonchev–Trinajstić information content (AvgIpc) is 2.67. The molecule has 0 saturated carbocycles. The fraction of sp³-hybridized carbons (Fsp3) is 0.316. The molecule has 0 aliphatic carbocycles. The van der Waals surface area contributed by atoms with Crippen LogP contribution in [-0.4, -0.2) is 32.3 Å². The fourth-order valence-electron chi connectivity index (χ4n) is 2.95. The highest BCUT2D eigenvalue weighted by Crippen LogP contribution is 2.18. The lowest BCUT2D eigenvalue weighted by atomic mass is 10.1. The smallest absolute Gasteiger partial charge is 0.253 e. The van der Waals surface area contributed by atoms with Gasteiger partial charge < -0.3 is 4.90 Å². The predicted octanol–water partition coefficient (Wildman–Crippen LogP) is 3.44. The van der Waals surface area contributed by atoms with Crippen molar-refractivity contribution in [2.24, 2.45) is 0 Å². The third-order valence-electron chi connectivity index (χ3n) is 4.47. The minimum Gasteiger partial charge on any atom is -0.339 e. The molecule has 1 aliphatic rings. The lowest BCUT2D eigenvalue weighted by molar-refractivity contribution is 0.0724. The van der Waals surface area contributed by atoms with Crippen molar-refractivity contribution in [3.05, 3.63) is 64.7 Å². The molecule has 5 nitrogen and oxygen atoms in total. The van der Waals surface area contributed by atoms with Crippen LogP contribution in [0.1, 0.15) is 35.2 Å². The fourth-order valence-corrected chi connectivity index (χ4v) is 4.16. The van der Waals surface area contributed by atoms with Gasteiger partial charge in [-0.2, -0.15) is 0 Å². The summed E-state index contributed by atoms with van der Waals surface area (Å²) in [5.41, 5.74) is 1.21. The Balaban J connectivity index is 1.68. The van der Waals surface area contributed by atoms with Gasteiger partial charge in [0.2, 0.25) is 10.0 Å². The van der Waals surface area contributed by atoms with Crippen LogP contribution in [0.4, 0.5) is 0 Å². The number of carbonyl (C=O) groups is 1. The highest BCUT2D eigenvalue weighted by molar-refractivity contribution is 7.89. The van der Waals surface area contributed by atoms with Crippen LogP contribution in [0.25, 0.3) is 0 Å². The topological polar surface area (TPSA) is 66.5 Å². The summed E-state index contributed by atoms with van der Waals surface area (Å²) in [6.07, 6.45) is 3.19. The molecule has 0 unspecified atom stereocenters. The van der Waals surface area contributed by atoms with Crippen LogP contribution in [0.3, 0.4) is 0 Å². The van der Waals surface area contributed by atoms with Crippen molar-refractivity contribution in [1.29, 1.82) is 0 Å². The Labute approximate surface area is 159 Å². The molecule has 26 heavy (non-hydrogen) atoms. The zero-order valence-corrected chi connectivity index (χ0v) is 15.9. The zero-order valence-electron chi connectivity index (χ0n) is 14.3. The first-order valence-corrected chi connectivity index (χ1v) is 10.5. The molecule has 3 rings (SSSR count). The third kappa shape index (κ3) is 4.44. The quantitative estimate of drug-likeness (QED) is 0.847. The van der Waals surface area contributed by atoms with Crippen molar-refractivity contribution in [2.45, 2.75) is 30.7 Å². The van der Waals surface area contributed by atoms with Crippen LogP contribution in [0.15, 0.2) is 53.4 Å². The van der Waals surface area contributed by atoms with Crippen molar-refractivity contribution in [3.63, 3.8) is 0 Å². The van der Waals surface area contributed by atoms with Gasteiger partial charge in [0, 0.05) is 30.2 Å². The zero-order chi connectivity index (χ0) is 18.6. The standard InChI is InChI=1S/C19H21ClN2O3S/c20-18-7-3-2-6-16(18)14-21-26(24,25)17-10-8-15(9-11-17)19(23)22-12-4-1-5-13-22/h2-3,6-11,21H,1,4-5,12-14H2. The molecule has 2 aromatic rings. The summed E-state index contributed by atoms with van der Waals surface area (Å²) in [4.78, 5) is 14.4. The van der Waals surface area contributed by atoms with Gasteiger partial charge in [-0.1, -0.05) is 29.8 Å². The maximum atomic E-state index is 12.5. The molecule has 1 saturated heterocycles. The second-order valence-corrected chi connectivity index (χ2v) is 8.47. The number of hydrogen-bond donors (Lipinski definition) is 1. The number of carbonyl (C=O) groups excluding carboxylic acids is 1. The van der Waals surface area contributed by atoms with E-state index in [1.807, 2.05) is 4.90 Å². The van der Waals surface area contributed by atoms with E-state index in [-0.39, 0.29) is 17.3 Å².